The average Bonchev–Trinajstić information content (AvgIpc) is 0.780. The quantitative estimate of drug-likeness (QED) is 0.0393. The second-order valence-corrected chi connectivity index (χ2v) is 36.1. The summed E-state index contributed by atoms with van der Waals surface area (Å²) in [6.07, 6.45) is 32.0. The SMILES string of the molecule is CCCC1CC=C(c2cc(F)c(-c3cc(F)c(F)c(F)c3)c(F)c2)CC1.CCCC1CC=C(c2cc(F)c(-c3cc(F)c(O)c(F)c3)c(F)c2)CC1.CCCC1CC=C(c2cc(F)c(-c3cc(F)c(OC(F)(F)F)c(F)c3)c(F)c2)CC1.CCCCCC1CC=C(c2ccc(-c3ccccc3)cc2)CC1.c1ccc(-c2ccc(C3CCC(c4ccc(-c5ccccc5)cc4)CC3)cc2)cc1. The van der Waals surface area contributed by atoms with Crippen LogP contribution >= 0.6 is 0 Å². The summed E-state index contributed by atoms with van der Waals surface area (Å²) in [5, 5.41) is 9.15. The number of halogens is 16. The van der Waals surface area contributed by atoms with E-state index < -0.39 is 116 Å². The van der Waals surface area contributed by atoms with Crippen molar-refractivity contribution < 1.29 is 80.1 Å². The van der Waals surface area contributed by atoms with Gasteiger partial charge in [-0.1, -0.05) is 280 Å². The highest BCUT2D eigenvalue weighted by Gasteiger charge is 2.35. The minimum absolute atomic E-state index is 0.292. The van der Waals surface area contributed by atoms with Crippen LogP contribution in [-0.2, 0) is 0 Å². The summed E-state index contributed by atoms with van der Waals surface area (Å²) in [5.41, 5.74) is 14.6. The predicted octanol–water partition coefficient (Wildman–Crippen LogP) is 37.0. The smallest absolute Gasteiger partial charge is 0.503 e. The number of phenolic OH excluding ortho intramolecular Hbond substituents is 1. The number of aromatic hydroxyl groups is 1. The van der Waals surface area contributed by atoms with Crippen LogP contribution in [0, 0.1) is 99.3 Å². The second-order valence-electron chi connectivity index (χ2n) is 36.1. The van der Waals surface area contributed by atoms with Crippen molar-refractivity contribution in [2.75, 3.05) is 0 Å². The van der Waals surface area contributed by atoms with Crippen LogP contribution in [0.25, 0.3) is 89.1 Å². The number of rotatable bonds is 23. The van der Waals surface area contributed by atoms with Gasteiger partial charge in [-0.05, 0) is 317 Å². The third-order valence-corrected chi connectivity index (χ3v) is 26.8. The monoisotopic (exact) mass is 1850 g/mol. The van der Waals surface area contributed by atoms with Gasteiger partial charge >= 0.3 is 6.36 Å². The fourth-order valence-corrected chi connectivity index (χ4v) is 19.4. The van der Waals surface area contributed by atoms with E-state index in [0.717, 1.165) is 137 Å². The Morgan fingerprint density at radius 1 is 0.267 bits per heavy atom. The van der Waals surface area contributed by atoms with Crippen LogP contribution < -0.4 is 4.74 Å². The average molecular weight is 1860 g/mol. The first-order valence-electron chi connectivity index (χ1n) is 47.4. The second kappa shape index (κ2) is 48.0. The third-order valence-electron chi connectivity index (χ3n) is 26.8. The Bertz CT molecular complexity index is 5700. The molecule has 12 aromatic rings. The number of phenols is 1. The van der Waals surface area contributed by atoms with E-state index in [2.05, 4.69) is 202 Å². The Balaban J connectivity index is 0.000000143. The van der Waals surface area contributed by atoms with Gasteiger partial charge in [0.05, 0.1) is 16.7 Å². The third kappa shape index (κ3) is 27.1. The number of benzene rings is 12. The van der Waals surface area contributed by atoms with E-state index in [4.69, 9.17) is 5.11 Å². The summed E-state index contributed by atoms with van der Waals surface area (Å²) >= 11 is 0. The topological polar surface area (TPSA) is 29.5 Å². The largest absolute Gasteiger partial charge is 0.573 e. The molecule has 4 unspecified atom stereocenters. The summed E-state index contributed by atoms with van der Waals surface area (Å²) in [5.74, 6) is -15.1. The Morgan fingerprint density at radius 3 is 0.807 bits per heavy atom. The molecule has 0 heterocycles. The molecule has 5 aliphatic carbocycles. The van der Waals surface area contributed by atoms with Crippen molar-refractivity contribution in [1.82, 2.24) is 0 Å². The molecule has 0 bridgehead atoms. The number of allylic oxidation sites excluding steroid dienone is 8. The Morgan fingerprint density at radius 2 is 0.526 bits per heavy atom. The maximum Gasteiger partial charge on any atom is 0.573 e. The number of unbranched alkanes of at least 4 members (excludes halogenated alkanes) is 2. The van der Waals surface area contributed by atoms with Crippen molar-refractivity contribution in [2.24, 2.45) is 23.7 Å². The van der Waals surface area contributed by atoms with Crippen molar-refractivity contribution in [3.05, 3.63) is 370 Å². The van der Waals surface area contributed by atoms with Crippen LogP contribution in [0.15, 0.2) is 261 Å². The zero-order chi connectivity index (χ0) is 95.8. The summed E-state index contributed by atoms with van der Waals surface area (Å²) in [6, 6.07) is 69.9. The normalized spacial score (nSPS) is 17.7. The van der Waals surface area contributed by atoms with Crippen molar-refractivity contribution in [3.8, 4) is 78.3 Å². The first kappa shape index (κ1) is 101. The van der Waals surface area contributed by atoms with E-state index in [0.29, 0.717) is 77.0 Å². The van der Waals surface area contributed by atoms with E-state index in [-0.39, 0.29) is 11.1 Å². The summed E-state index contributed by atoms with van der Waals surface area (Å²) < 4.78 is 222. The first-order valence-corrected chi connectivity index (χ1v) is 47.4. The molecule has 0 amide bonds. The van der Waals surface area contributed by atoms with Crippen LogP contribution in [0.4, 0.5) is 70.2 Å². The molecule has 135 heavy (non-hydrogen) atoms. The molecule has 1 fully saturated rings. The number of ether oxygens (including phenoxy) is 1. The molecule has 17 rings (SSSR count). The van der Waals surface area contributed by atoms with Crippen LogP contribution in [-0.4, -0.2) is 11.5 Å². The number of hydrogen-bond acceptors (Lipinski definition) is 2. The highest BCUT2D eigenvalue weighted by Crippen LogP contribution is 2.46. The van der Waals surface area contributed by atoms with Crippen LogP contribution in [0.5, 0.6) is 11.5 Å². The zero-order valence-corrected chi connectivity index (χ0v) is 76.6. The molecule has 0 aromatic heterocycles. The van der Waals surface area contributed by atoms with E-state index in [1.165, 1.54) is 145 Å². The molecular formula is C117H114F16O2. The Kier molecular flexibility index (Phi) is 35.7. The summed E-state index contributed by atoms with van der Waals surface area (Å²) in [4.78, 5) is 0. The van der Waals surface area contributed by atoms with Gasteiger partial charge in [0.15, 0.2) is 46.5 Å². The minimum Gasteiger partial charge on any atom is -0.503 e. The molecule has 0 radical (unpaired) electrons. The van der Waals surface area contributed by atoms with Gasteiger partial charge in [0, 0.05) is 0 Å². The molecule has 1 saturated carbocycles. The number of hydrogen-bond donors (Lipinski definition) is 1. The molecule has 4 atom stereocenters. The Hall–Kier alpha value is -11.9. The van der Waals surface area contributed by atoms with Crippen molar-refractivity contribution >= 4 is 22.3 Å². The van der Waals surface area contributed by atoms with Crippen molar-refractivity contribution in [3.63, 3.8) is 0 Å². The van der Waals surface area contributed by atoms with Crippen LogP contribution in [0.1, 0.15) is 240 Å². The van der Waals surface area contributed by atoms with Gasteiger partial charge in [-0.2, -0.15) is 0 Å². The highest BCUT2D eigenvalue weighted by atomic mass is 19.4. The zero-order valence-electron chi connectivity index (χ0n) is 76.6. The van der Waals surface area contributed by atoms with Crippen molar-refractivity contribution in [1.29, 1.82) is 0 Å². The molecule has 0 spiro atoms. The van der Waals surface area contributed by atoms with Crippen LogP contribution in [0.3, 0.4) is 0 Å². The predicted molar refractivity (Wildman–Crippen MR) is 513 cm³/mol. The van der Waals surface area contributed by atoms with E-state index >= 15 is 0 Å². The van der Waals surface area contributed by atoms with Gasteiger partial charge in [0.1, 0.15) is 34.9 Å². The van der Waals surface area contributed by atoms with Gasteiger partial charge in [0.2, 0.25) is 5.75 Å². The molecule has 0 saturated heterocycles. The molecule has 12 aromatic carbocycles. The lowest BCUT2D eigenvalue weighted by molar-refractivity contribution is -0.276. The van der Waals surface area contributed by atoms with E-state index in [1.54, 1.807) is 5.57 Å². The molecular weight excluding hydrogens is 1740 g/mol. The first-order chi connectivity index (χ1) is 65.1. The molecule has 0 aliphatic heterocycles. The van der Waals surface area contributed by atoms with Gasteiger partial charge in [-0.3, -0.25) is 0 Å². The fraction of sp³-hybridized carbons (Fsp3) is 0.316. The summed E-state index contributed by atoms with van der Waals surface area (Å²) in [7, 11) is 0. The van der Waals surface area contributed by atoms with Gasteiger partial charge in [0.25, 0.3) is 0 Å². The van der Waals surface area contributed by atoms with Gasteiger partial charge < -0.3 is 9.84 Å². The molecule has 1 N–H and O–H groups in total. The lowest BCUT2D eigenvalue weighted by Crippen LogP contribution is -2.19. The lowest BCUT2D eigenvalue weighted by Gasteiger charge is -2.29. The maximum absolute atomic E-state index is 14.7. The lowest BCUT2D eigenvalue weighted by atomic mass is 9.76. The Labute approximate surface area is 782 Å². The molecule has 706 valence electrons. The fourth-order valence-electron chi connectivity index (χ4n) is 19.4. The summed E-state index contributed by atoms with van der Waals surface area (Å²) in [6.45, 7) is 8.65. The molecule has 2 nitrogen and oxygen atoms in total. The van der Waals surface area contributed by atoms with Crippen LogP contribution in [0.2, 0.25) is 0 Å². The highest BCUT2D eigenvalue weighted by molar-refractivity contribution is 5.77. The van der Waals surface area contributed by atoms with Gasteiger partial charge in [-0.15, -0.1) is 13.2 Å². The molecule has 18 heteroatoms. The molecule has 5 aliphatic rings. The van der Waals surface area contributed by atoms with E-state index in [1.807, 2.05) is 18.2 Å². The number of alkyl halides is 3. The van der Waals surface area contributed by atoms with Crippen molar-refractivity contribution in [2.45, 2.75) is 213 Å². The van der Waals surface area contributed by atoms with E-state index in [9.17, 15) is 70.2 Å². The minimum atomic E-state index is -5.31. The standard InChI is InChI=1S/C30H28.C23H28.C22H19F7O.C21H19F5.C21H20F4O/c1-3-7-23(8-4-1)25-11-15-27(16-12-25)29-19-21-30(22-20-29)28-17-13-26(14-18-28)24-9-5-2-6-10-24;1-2-3-5-8-19-11-13-21(14-12-19)23-17-15-22(16-18-23)20-9-6-4-7-10-20;1-2-3-12-4-6-13(7-5-12)14-8-16(23)20(17(24)9-14)15-10-18(25)21(19(26)11-15)30-22(27,28)29;2*1-2-3-12-4-6-13(7-5-12)14-8-16(22)20(17(23)9-14)15-10-18(24)21(26)19(25)11-15/h1-18,29-30H,19-22H2;4,6-7,9-10,13,15-19H,2-3,5,8,11-12,14H2,1H3;6,8-12H,2-5,7H2,1H3;6,8-12H,2-5,7H2,1H3;6,8-12,26H,2-5,7H2,1H3. The maximum atomic E-state index is 14.7. The van der Waals surface area contributed by atoms with Gasteiger partial charge in [-0.25, -0.2) is 57.1 Å².